The van der Waals surface area contributed by atoms with Crippen molar-refractivity contribution in [3.8, 4) is 0 Å². The summed E-state index contributed by atoms with van der Waals surface area (Å²) in [7, 11) is 3.73. The van der Waals surface area contributed by atoms with Crippen molar-refractivity contribution < 1.29 is 0 Å². The van der Waals surface area contributed by atoms with Gasteiger partial charge in [-0.15, -0.1) is 0 Å². The van der Waals surface area contributed by atoms with Crippen molar-refractivity contribution in [1.29, 1.82) is 0 Å². The summed E-state index contributed by atoms with van der Waals surface area (Å²) in [5.74, 6) is 0. The van der Waals surface area contributed by atoms with E-state index in [0.717, 1.165) is 15.8 Å². The minimum Gasteiger partial charge on any atom is -0.386 e. The molecule has 1 rings (SSSR count). The summed E-state index contributed by atoms with van der Waals surface area (Å²) in [4.78, 5) is 0. The summed E-state index contributed by atoms with van der Waals surface area (Å²) in [5.41, 5.74) is 7.98. The van der Waals surface area contributed by atoms with Gasteiger partial charge in [0.05, 0.1) is 11.4 Å². The van der Waals surface area contributed by atoms with Gasteiger partial charge in [-0.1, -0.05) is 15.9 Å². The van der Waals surface area contributed by atoms with E-state index in [2.05, 4.69) is 32.1 Å². The standard InChI is InChI=1S/C8H12BrN3/c1-10-8-5-6(9)3-4-7(8)12-11-2/h3-5,10-12H,1-2H3. The van der Waals surface area contributed by atoms with E-state index in [9.17, 15) is 0 Å². The fraction of sp³-hybridized carbons (Fsp3) is 0.250. The van der Waals surface area contributed by atoms with Gasteiger partial charge in [0.15, 0.2) is 0 Å². The zero-order valence-corrected chi connectivity index (χ0v) is 8.70. The Kier molecular flexibility index (Phi) is 3.37. The van der Waals surface area contributed by atoms with Crippen LogP contribution in [0.3, 0.4) is 0 Å². The van der Waals surface area contributed by atoms with Crippen molar-refractivity contribution in [2.75, 3.05) is 24.8 Å². The molecule has 12 heavy (non-hydrogen) atoms. The summed E-state index contributed by atoms with van der Waals surface area (Å²) >= 11 is 3.40. The quantitative estimate of drug-likeness (QED) is 0.695. The first-order chi connectivity index (χ1) is 5.77. The second kappa shape index (κ2) is 4.33. The topological polar surface area (TPSA) is 36.1 Å². The highest BCUT2D eigenvalue weighted by molar-refractivity contribution is 9.10. The van der Waals surface area contributed by atoms with Gasteiger partial charge < -0.3 is 10.7 Å². The summed E-state index contributed by atoms with van der Waals surface area (Å²) in [6.07, 6.45) is 0. The van der Waals surface area contributed by atoms with Crippen LogP contribution < -0.4 is 16.2 Å². The molecule has 3 nitrogen and oxygen atoms in total. The number of rotatable bonds is 3. The lowest BCUT2D eigenvalue weighted by Crippen LogP contribution is -2.15. The normalized spacial score (nSPS) is 9.58. The van der Waals surface area contributed by atoms with Gasteiger partial charge in [-0.25, -0.2) is 5.43 Å². The minimum absolute atomic E-state index is 1.03. The SMILES string of the molecule is CNNc1ccc(Br)cc1NC. The molecule has 0 radical (unpaired) electrons. The molecule has 0 aliphatic heterocycles. The number of hydrogen-bond acceptors (Lipinski definition) is 3. The second-order valence-corrected chi connectivity index (χ2v) is 3.23. The lowest BCUT2D eigenvalue weighted by atomic mass is 10.3. The van der Waals surface area contributed by atoms with E-state index in [0.29, 0.717) is 0 Å². The van der Waals surface area contributed by atoms with Crippen LogP contribution in [0.4, 0.5) is 11.4 Å². The molecule has 0 bridgehead atoms. The van der Waals surface area contributed by atoms with Crippen LogP contribution in [0.1, 0.15) is 0 Å². The van der Waals surface area contributed by atoms with Crippen LogP contribution in [0.5, 0.6) is 0 Å². The van der Waals surface area contributed by atoms with E-state index in [1.807, 2.05) is 32.3 Å². The van der Waals surface area contributed by atoms with Gasteiger partial charge >= 0.3 is 0 Å². The van der Waals surface area contributed by atoms with Crippen molar-refractivity contribution in [1.82, 2.24) is 5.43 Å². The second-order valence-electron chi connectivity index (χ2n) is 2.31. The van der Waals surface area contributed by atoms with Crippen LogP contribution in [0.2, 0.25) is 0 Å². The van der Waals surface area contributed by atoms with Crippen molar-refractivity contribution in [3.05, 3.63) is 22.7 Å². The predicted octanol–water partition coefficient (Wildman–Crippen LogP) is 2.04. The highest BCUT2D eigenvalue weighted by Gasteiger charge is 1.98. The summed E-state index contributed by atoms with van der Waals surface area (Å²) in [6, 6.07) is 5.99. The summed E-state index contributed by atoms with van der Waals surface area (Å²) in [6.45, 7) is 0. The smallest absolute Gasteiger partial charge is 0.0720 e. The van der Waals surface area contributed by atoms with Gasteiger partial charge in [0, 0.05) is 18.6 Å². The van der Waals surface area contributed by atoms with Crippen molar-refractivity contribution in [2.24, 2.45) is 0 Å². The lowest BCUT2D eigenvalue weighted by Gasteiger charge is -2.10. The maximum absolute atomic E-state index is 3.40. The molecule has 0 unspecified atom stereocenters. The van der Waals surface area contributed by atoms with Gasteiger partial charge in [-0.05, 0) is 18.2 Å². The molecule has 66 valence electrons. The zero-order chi connectivity index (χ0) is 8.97. The van der Waals surface area contributed by atoms with E-state index in [-0.39, 0.29) is 0 Å². The fourth-order valence-corrected chi connectivity index (χ4v) is 1.33. The molecule has 1 aromatic rings. The number of halogens is 1. The zero-order valence-electron chi connectivity index (χ0n) is 7.11. The molecule has 0 spiro atoms. The first-order valence-corrected chi connectivity index (χ1v) is 4.47. The highest BCUT2D eigenvalue weighted by Crippen LogP contribution is 2.24. The number of benzene rings is 1. The van der Waals surface area contributed by atoms with Crippen molar-refractivity contribution in [3.63, 3.8) is 0 Å². The molecule has 0 saturated carbocycles. The molecule has 0 aromatic heterocycles. The van der Waals surface area contributed by atoms with E-state index in [4.69, 9.17) is 0 Å². The molecule has 0 atom stereocenters. The average Bonchev–Trinajstić information content (AvgIpc) is 2.08. The lowest BCUT2D eigenvalue weighted by molar-refractivity contribution is 0.984. The Morgan fingerprint density at radius 2 is 1.92 bits per heavy atom. The number of hydrazine groups is 1. The van der Waals surface area contributed by atoms with Crippen LogP contribution in [-0.4, -0.2) is 14.1 Å². The monoisotopic (exact) mass is 229 g/mol. The van der Waals surface area contributed by atoms with E-state index in [1.54, 1.807) is 0 Å². The van der Waals surface area contributed by atoms with Crippen molar-refractivity contribution in [2.45, 2.75) is 0 Å². The first-order valence-electron chi connectivity index (χ1n) is 3.68. The minimum atomic E-state index is 1.03. The van der Waals surface area contributed by atoms with E-state index >= 15 is 0 Å². The van der Waals surface area contributed by atoms with Gasteiger partial charge in [0.2, 0.25) is 0 Å². The van der Waals surface area contributed by atoms with Crippen LogP contribution in [-0.2, 0) is 0 Å². The molecule has 0 fully saturated rings. The molecule has 0 saturated heterocycles. The van der Waals surface area contributed by atoms with Crippen molar-refractivity contribution >= 4 is 27.3 Å². The molecular weight excluding hydrogens is 218 g/mol. The maximum Gasteiger partial charge on any atom is 0.0720 e. The third kappa shape index (κ3) is 2.12. The molecule has 0 heterocycles. The fourth-order valence-electron chi connectivity index (χ4n) is 0.967. The highest BCUT2D eigenvalue weighted by atomic mass is 79.9. The Morgan fingerprint density at radius 1 is 1.17 bits per heavy atom. The van der Waals surface area contributed by atoms with E-state index < -0.39 is 0 Å². The third-order valence-corrected chi connectivity index (χ3v) is 2.00. The van der Waals surface area contributed by atoms with Crippen LogP contribution in [0.25, 0.3) is 0 Å². The Morgan fingerprint density at radius 3 is 2.50 bits per heavy atom. The van der Waals surface area contributed by atoms with Gasteiger partial charge in [0.25, 0.3) is 0 Å². The Balaban J connectivity index is 2.94. The van der Waals surface area contributed by atoms with E-state index in [1.165, 1.54) is 0 Å². The van der Waals surface area contributed by atoms with Gasteiger partial charge in [0.1, 0.15) is 0 Å². The molecule has 1 aromatic carbocycles. The number of hydrogen-bond donors (Lipinski definition) is 3. The molecule has 3 N–H and O–H groups in total. The Bertz CT molecular complexity index is 262. The molecule has 0 aliphatic carbocycles. The molecule has 0 aliphatic rings. The molecule has 4 heteroatoms. The van der Waals surface area contributed by atoms with Crippen LogP contribution in [0, 0.1) is 0 Å². The largest absolute Gasteiger partial charge is 0.386 e. The molecular formula is C8H12BrN3. The summed E-state index contributed by atoms with van der Waals surface area (Å²) < 4.78 is 1.06. The summed E-state index contributed by atoms with van der Waals surface area (Å²) in [5, 5.41) is 3.09. The Hall–Kier alpha value is -0.740. The van der Waals surface area contributed by atoms with Gasteiger partial charge in [-0.2, -0.15) is 0 Å². The first kappa shape index (κ1) is 9.35. The van der Waals surface area contributed by atoms with Crippen LogP contribution in [0.15, 0.2) is 22.7 Å². The number of anilines is 2. The Labute approximate surface area is 80.6 Å². The average molecular weight is 230 g/mol. The van der Waals surface area contributed by atoms with Gasteiger partial charge in [-0.3, -0.25) is 0 Å². The van der Waals surface area contributed by atoms with Crippen LogP contribution >= 0.6 is 15.9 Å². The maximum atomic E-state index is 3.40. The molecule has 0 amide bonds. The third-order valence-electron chi connectivity index (χ3n) is 1.51. The number of nitrogens with one attached hydrogen (secondary N) is 3. The predicted molar refractivity (Wildman–Crippen MR) is 56.4 cm³/mol.